The van der Waals surface area contributed by atoms with E-state index in [9.17, 15) is 4.79 Å². The largest absolute Gasteiger partial charge is 0.444 e. The lowest BCUT2D eigenvalue weighted by atomic mass is 10.5. The zero-order valence-electron chi connectivity index (χ0n) is 6.83. The van der Waals surface area contributed by atoms with Crippen LogP contribution in [0.4, 0.5) is 0 Å². The molecule has 1 aromatic rings. The average molecular weight is 166 g/mol. The van der Waals surface area contributed by atoms with Crippen molar-refractivity contribution in [2.45, 2.75) is 13.5 Å². The number of oxazole rings is 1. The molecule has 12 heavy (non-hydrogen) atoms. The van der Waals surface area contributed by atoms with Crippen molar-refractivity contribution in [3.63, 3.8) is 0 Å². The van der Waals surface area contributed by atoms with E-state index in [0.29, 0.717) is 12.4 Å². The molecular formula is C8H10N2O2. The highest BCUT2D eigenvalue weighted by Gasteiger charge is 2.00. The summed E-state index contributed by atoms with van der Waals surface area (Å²) in [6.07, 6.45) is 2.81. The molecule has 0 saturated heterocycles. The van der Waals surface area contributed by atoms with Gasteiger partial charge in [0.05, 0.1) is 12.7 Å². The van der Waals surface area contributed by atoms with Crippen molar-refractivity contribution >= 4 is 5.91 Å². The molecule has 0 radical (unpaired) electrons. The molecule has 0 bridgehead atoms. The average Bonchev–Trinajstić information content (AvgIpc) is 2.47. The first kappa shape index (κ1) is 8.52. The van der Waals surface area contributed by atoms with Crippen LogP contribution in [0.25, 0.3) is 0 Å². The molecule has 4 heteroatoms. The molecule has 64 valence electrons. The molecule has 0 aliphatic rings. The first-order valence-electron chi connectivity index (χ1n) is 3.54. The number of rotatable bonds is 3. The smallest absolute Gasteiger partial charge is 0.243 e. The van der Waals surface area contributed by atoms with Gasteiger partial charge in [-0.05, 0) is 13.0 Å². The third kappa shape index (κ3) is 2.23. The molecule has 0 aliphatic carbocycles. The van der Waals surface area contributed by atoms with Gasteiger partial charge in [0, 0.05) is 0 Å². The van der Waals surface area contributed by atoms with Gasteiger partial charge >= 0.3 is 0 Å². The van der Waals surface area contributed by atoms with Crippen molar-refractivity contribution in [3.8, 4) is 0 Å². The number of amides is 1. The lowest BCUT2D eigenvalue weighted by molar-refractivity contribution is -0.116. The van der Waals surface area contributed by atoms with Crippen LogP contribution >= 0.6 is 0 Å². The topological polar surface area (TPSA) is 55.1 Å². The van der Waals surface area contributed by atoms with E-state index in [2.05, 4.69) is 16.9 Å². The highest BCUT2D eigenvalue weighted by atomic mass is 16.4. The molecule has 0 saturated carbocycles. The van der Waals surface area contributed by atoms with Crippen LogP contribution in [0.3, 0.4) is 0 Å². The molecule has 1 heterocycles. The fourth-order valence-corrected chi connectivity index (χ4v) is 0.718. The normalized spacial score (nSPS) is 9.42. The van der Waals surface area contributed by atoms with Crippen LogP contribution in [0.2, 0.25) is 0 Å². The van der Waals surface area contributed by atoms with E-state index in [1.54, 1.807) is 13.1 Å². The van der Waals surface area contributed by atoms with E-state index >= 15 is 0 Å². The zero-order chi connectivity index (χ0) is 8.97. The Balaban J connectivity index is 2.43. The van der Waals surface area contributed by atoms with E-state index in [1.807, 2.05) is 0 Å². The van der Waals surface area contributed by atoms with Crippen LogP contribution in [-0.4, -0.2) is 10.9 Å². The Morgan fingerprint density at radius 1 is 1.92 bits per heavy atom. The fourth-order valence-electron chi connectivity index (χ4n) is 0.718. The zero-order valence-corrected chi connectivity index (χ0v) is 6.83. The van der Waals surface area contributed by atoms with Gasteiger partial charge in [0.1, 0.15) is 5.76 Å². The number of nitrogens with zero attached hydrogens (tertiary/aromatic N) is 1. The van der Waals surface area contributed by atoms with Crippen molar-refractivity contribution in [3.05, 3.63) is 30.5 Å². The van der Waals surface area contributed by atoms with Gasteiger partial charge in [-0.25, -0.2) is 4.98 Å². The first-order chi connectivity index (χ1) is 5.72. The minimum atomic E-state index is -0.231. The lowest BCUT2D eigenvalue weighted by Crippen LogP contribution is -2.19. The van der Waals surface area contributed by atoms with Crippen LogP contribution < -0.4 is 5.32 Å². The first-order valence-corrected chi connectivity index (χ1v) is 3.54. The van der Waals surface area contributed by atoms with E-state index in [-0.39, 0.29) is 5.91 Å². The summed E-state index contributed by atoms with van der Waals surface area (Å²) in [6, 6.07) is 0. The molecular weight excluding hydrogens is 156 g/mol. The molecule has 0 atom stereocenters. The minimum Gasteiger partial charge on any atom is -0.444 e. The number of hydrogen-bond donors (Lipinski definition) is 1. The minimum absolute atomic E-state index is 0.231. The van der Waals surface area contributed by atoms with Crippen molar-refractivity contribution in [1.82, 2.24) is 10.3 Å². The molecule has 0 spiro atoms. The fraction of sp³-hybridized carbons (Fsp3) is 0.250. The molecule has 1 rings (SSSR count). The van der Waals surface area contributed by atoms with Gasteiger partial charge < -0.3 is 9.73 Å². The summed E-state index contributed by atoms with van der Waals surface area (Å²) >= 11 is 0. The molecule has 0 aliphatic heterocycles. The van der Waals surface area contributed by atoms with Gasteiger partial charge in [-0.1, -0.05) is 6.58 Å². The van der Waals surface area contributed by atoms with Crippen molar-refractivity contribution in [1.29, 1.82) is 0 Å². The lowest BCUT2D eigenvalue weighted by Gasteiger charge is -1.95. The highest BCUT2D eigenvalue weighted by molar-refractivity contribution is 5.86. The molecule has 4 nitrogen and oxygen atoms in total. The molecule has 0 aromatic carbocycles. The van der Waals surface area contributed by atoms with Gasteiger partial charge in [0.25, 0.3) is 0 Å². The van der Waals surface area contributed by atoms with Gasteiger partial charge in [0.2, 0.25) is 11.8 Å². The summed E-state index contributed by atoms with van der Waals surface area (Å²) in [5, 5.41) is 2.55. The van der Waals surface area contributed by atoms with E-state index in [0.717, 1.165) is 5.76 Å². The van der Waals surface area contributed by atoms with E-state index in [4.69, 9.17) is 4.42 Å². The Morgan fingerprint density at radius 2 is 2.67 bits per heavy atom. The predicted octanol–water partition coefficient (Wildman–Crippen LogP) is 0.785. The number of carbonyl (C=O) groups excluding carboxylic acids is 1. The second kappa shape index (κ2) is 3.71. The van der Waals surface area contributed by atoms with Gasteiger partial charge in [-0.2, -0.15) is 0 Å². The summed E-state index contributed by atoms with van der Waals surface area (Å²) in [7, 11) is 0. The van der Waals surface area contributed by atoms with Gasteiger partial charge in [-0.3, -0.25) is 4.79 Å². The predicted molar refractivity (Wildman–Crippen MR) is 43.3 cm³/mol. The number of aryl methyl sites for hydroxylation is 1. The Labute approximate surface area is 70.3 Å². The third-order valence-electron chi connectivity index (χ3n) is 1.27. The summed E-state index contributed by atoms with van der Waals surface area (Å²) in [5.41, 5.74) is 0. The quantitative estimate of drug-likeness (QED) is 0.675. The third-order valence-corrected chi connectivity index (χ3v) is 1.27. The van der Waals surface area contributed by atoms with Crippen LogP contribution in [-0.2, 0) is 11.3 Å². The Bertz CT molecular complexity index is 291. The molecule has 1 amide bonds. The monoisotopic (exact) mass is 166 g/mol. The number of carbonyl (C=O) groups is 1. The van der Waals surface area contributed by atoms with Crippen molar-refractivity contribution in [2.24, 2.45) is 0 Å². The van der Waals surface area contributed by atoms with Crippen molar-refractivity contribution < 1.29 is 9.21 Å². The number of aromatic nitrogens is 1. The van der Waals surface area contributed by atoms with E-state index < -0.39 is 0 Å². The van der Waals surface area contributed by atoms with E-state index in [1.165, 1.54) is 6.08 Å². The Morgan fingerprint density at radius 3 is 3.17 bits per heavy atom. The Hall–Kier alpha value is -1.58. The van der Waals surface area contributed by atoms with Crippen LogP contribution in [0.1, 0.15) is 11.7 Å². The molecule has 0 unspecified atom stereocenters. The summed E-state index contributed by atoms with van der Waals surface area (Å²) < 4.78 is 5.12. The molecule has 1 N–H and O–H groups in total. The number of hydrogen-bond acceptors (Lipinski definition) is 3. The van der Waals surface area contributed by atoms with Crippen LogP contribution in [0.15, 0.2) is 23.3 Å². The highest BCUT2D eigenvalue weighted by Crippen LogP contribution is 2.00. The Kier molecular flexibility index (Phi) is 2.63. The van der Waals surface area contributed by atoms with Crippen LogP contribution in [0, 0.1) is 6.92 Å². The number of nitrogens with one attached hydrogen (secondary N) is 1. The molecule has 0 fully saturated rings. The molecule has 1 aromatic heterocycles. The summed E-state index contributed by atoms with van der Waals surface area (Å²) in [5.74, 6) is 1.01. The summed E-state index contributed by atoms with van der Waals surface area (Å²) in [6.45, 7) is 5.42. The summed E-state index contributed by atoms with van der Waals surface area (Å²) in [4.78, 5) is 14.6. The second-order valence-corrected chi connectivity index (χ2v) is 2.29. The van der Waals surface area contributed by atoms with Gasteiger partial charge in [0.15, 0.2) is 0 Å². The van der Waals surface area contributed by atoms with Crippen molar-refractivity contribution in [2.75, 3.05) is 0 Å². The van der Waals surface area contributed by atoms with Gasteiger partial charge in [-0.15, -0.1) is 0 Å². The maximum atomic E-state index is 10.7. The SMILES string of the molecule is C=CC(=O)NCc1ncc(C)o1. The second-order valence-electron chi connectivity index (χ2n) is 2.29. The maximum Gasteiger partial charge on any atom is 0.243 e. The standard InChI is InChI=1S/C8H10N2O2/c1-3-7(11)9-5-8-10-4-6(2)12-8/h3-4H,1,5H2,2H3,(H,9,11). The maximum absolute atomic E-state index is 10.7. The van der Waals surface area contributed by atoms with Crippen LogP contribution in [0.5, 0.6) is 0 Å².